The topological polar surface area (TPSA) is 43.1 Å². The van der Waals surface area contributed by atoms with E-state index in [1.165, 1.54) is 32.8 Å². The maximum Gasteiger partial charge on any atom is 0.137 e. The number of fused-ring (bicyclic) bond motifs is 5. The fourth-order valence-corrected chi connectivity index (χ4v) is 5.01. The molecule has 0 saturated heterocycles. The van der Waals surface area contributed by atoms with Crippen LogP contribution in [0.5, 0.6) is 0 Å². The number of Topliss-reactive ketones (excluding diaryl/α,β-unsaturated/α-hetero) is 1. The number of carbonyl (C=O) groups excluding carboxylic acids is 1. The Hall–Kier alpha value is -3.13. The monoisotopic (exact) mass is 365 g/mol. The van der Waals surface area contributed by atoms with Gasteiger partial charge in [0.05, 0.1) is 0 Å². The third kappa shape index (κ3) is 2.52. The molecule has 0 heterocycles. The number of ketones is 1. The smallest absolute Gasteiger partial charge is 0.137 e. The lowest BCUT2D eigenvalue weighted by Crippen LogP contribution is -2.20. The van der Waals surface area contributed by atoms with Crippen LogP contribution in [0.15, 0.2) is 72.8 Å². The van der Waals surface area contributed by atoms with E-state index < -0.39 is 0 Å². The quantitative estimate of drug-likeness (QED) is 0.341. The van der Waals surface area contributed by atoms with Crippen molar-refractivity contribution >= 4 is 33.0 Å². The molecular formula is C26H23NO. The average Bonchev–Trinajstić information content (AvgIpc) is 2.73. The minimum atomic E-state index is -0.0212. The summed E-state index contributed by atoms with van der Waals surface area (Å²) < 4.78 is 0. The summed E-state index contributed by atoms with van der Waals surface area (Å²) in [5, 5.41) is 4.67. The van der Waals surface area contributed by atoms with E-state index >= 15 is 0 Å². The van der Waals surface area contributed by atoms with Gasteiger partial charge in [0.15, 0.2) is 0 Å². The van der Waals surface area contributed by atoms with E-state index in [2.05, 4.69) is 66.7 Å². The van der Waals surface area contributed by atoms with Crippen LogP contribution < -0.4 is 5.73 Å². The lowest BCUT2D eigenvalue weighted by molar-refractivity contribution is -0.118. The molecule has 0 bridgehead atoms. The molecule has 0 aliphatic heterocycles. The number of benzene rings is 4. The first-order valence-electron chi connectivity index (χ1n) is 9.94. The van der Waals surface area contributed by atoms with Crippen LogP contribution in [0, 0.1) is 0 Å². The molecular weight excluding hydrogens is 342 g/mol. The number of nitrogens with two attached hydrogens (primary N) is 1. The van der Waals surface area contributed by atoms with E-state index in [9.17, 15) is 4.79 Å². The summed E-state index contributed by atoms with van der Waals surface area (Å²) in [5.41, 5.74) is 11.0. The highest BCUT2D eigenvalue weighted by atomic mass is 16.1. The Labute approximate surface area is 165 Å². The summed E-state index contributed by atoms with van der Waals surface area (Å²) in [6.07, 6.45) is 1.88. The first-order chi connectivity index (χ1) is 13.6. The van der Waals surface area contributed by atoms with Crippen LogP contribution in [0.3, 0.4) is 0 Å². The molecule has 0 saturated carbocycles. The van der Waals surface area contributed by atoms with E-state index in [1.807, 2.05) is 6.07 Å². The highest BCUT2D eigenvalue weighted by Crippen LogP contribution is 2.47. The zero-order valence-electron chi connectivity index (χ0n) is 16.0. The second-order valence-electron chi connectivity index (χ2n) is 7.88. The molecule has 2 unspecified atom stereocenters. The summed E-state index contributed by atoms with van der Waals surface area (Å²) in [7, 11) is 0. The zero-order chi connectivity index (χ0) is 19.3. The maximum atomic E-state index is 12.4. The molecule has 0 fully saturated rings. The van der Waals surface area contributed by atoms with Gasteiger partial charge in [-0.25, -0.2) is 0 Å². The van der Waals surface area contributed by atoms with E-state index in [4.69, 9.17) is 5.73 Å². The molecule has 2 N–H and O–H groups in total. The average molecular weight is 365 g/mol. The third-order valence-electron chi connectivity index (χ3n) is 6.31. The molecule has 138 valence electrons. The third-order valence-corrected chi connectivity index (χ3v) is 6.31. The summed E-state index contributed by atoms with van der Waals surface area (Å²) in [6, 6.07) is 25.4. The molecule has 1 aliphatic carbocycles. The molecule has 1 aliphatic rings. The van der Waals surface area contributed by atoms with Crippen LogP contribution >= 0.6 is 0 Å². The van der Waals surface area contributed by atoms with Gasteiger partial charge in [0.25, 0.3) is 0 Å². The standard InChI is InChI=1S/C26H23NO/c1-16(28)18-11-12-19(17-7-3-2-4-8-17)26-23(18)14-13-21-20-9-5-6-10-22(20)25(27)15-24(21)26/h2-10,13-15,18-19H,11-12,27H2,1H3. The molecule has 2 nitrogen and oxygen atoms in total. The normalized spacial score (nSPS) is 18.9. The van der Waals surface area contributed by atoms with Crippen molar-refractivity contribution in [2.75, 3.05) is 5.73 Å². The van der Waals surface area contributed by atoms with E-state index in [-0.39, 0.29) is 17.6 Å². The molecule has 0 amide bonds. The van der Waals surface area contributed by atoms with Crippen LogP contribution in [-0.4, -0.2) is 5.78 Å². The minimum absolute atomic E-state index is 0.0212. The van der Waals surface area contributed by atoms with Crippen LogP contribution in [0.2, 0.25) is 0 Å². The lowest BCUT2D eigenvalue weighted by atomic mass is 9.71. The highest BCUT2D eigenvalue weighted by molar-refractivity contribution is 6.14. The van der Waals surface area contributed by atoms with Crippen LogP contribution in [0.1, 0.15) is 48.3 Å². The Morgan fingerprint density at radius 2 is 1.50 bits per heavy atom. The minimum Gasteiger partial charge on any atom is -0.398 e. The van der Waals surface area contributed by atoms with Gasteiger partial charge < -0.3 is 5.73 Å². The summed E-state index contributed by atoms with van der Waals surface area (Å²) >= 11 is 0. The molecule has 4 aromatic carbocycles. The van der Waals surface area contributed by atoms with Gasteiger partial charge in [-0.05, 0) is 58.7 Å². The van der Waals surface area contributed by atoms with Gasteiger partial charge in [0, 0.05) is 22.9 Å². The molecule has 2 atom stereocenters. The fourth-order valence-electron chi connectivity index (χ4n) is 5.01. The SMILES string of the molecule is CC(=O)C1CCC(c2ccccc2)c2c1ccc1c2cc(N)c2ccccc21. The van der Waals surface area contributed by atoms with Crippen LogP contribution in [0.4, 0.5) is 5.69 Å². The van der Waals surface area contributed by atoms with Crippen molar-refractivity contribution in [1.82, 2.24) is 0 Å². The molecule has 0 radical (unpaired) electrons. The van der Waals surface area contributed by atoms with Gasteiger partial charge in [-0.15, -0.1) is 0 Å². The Balaban J connectivity index is 1.88. The van der Waals surface area contributed by atoms with E-state index in [1.54, 1.807) is 6.92 Å². The first kappa shape index (κ1) is 17.0. The molecule has 0 spiro atoms. The van der Waals surface area contributed by atoms with Gasteiger partial charge in [-0.2, -0.15) is 0 Å². The predicted octanol–water partition coefficient (Wildman–Crippen LogP) is 6.17. The molecule has 0 aromatic heterocycles. The van der Waals surface area contributed by atoms with Crippen molar-refractivity contribution in [2.45, 2.75) is 31.6 Å². The van der Waals surface area contributed by atoms with Crippen LogP contribution in [-0.2, 0) is 4.79 Å². The molecule has 5 rings (SSSR count). The number of anilines is 1. The Morgan fingerprint density at radius 1 is 0.821 bits per heavy atom. The van der Waals surface area contributed by atoms with E-state index in [0.717, 1.165) is 23.9 Å². The second kappa shape index (κ2) is 6.49. The summed E-state index contributed by atoms with van der Waals surface area (Å²) in [4.78, 5) is 12.4. The molecule has 2 heteroatoms. The van der Waals surface area contributed by atoms with Crippen molar-refractivity contribution in [1.29, 1.82) is 0 Å². The number of nitrogen functional groups attached to an aromatic ring is 1. The zero-order valence-corrected chi connectivity index (χ0v) is 16.0. The summed E-state index contributed by atoms with van der Waals surface area (Å²) in [5.74, 6) is 0.518. The fraction of sp³-hybridized carbons (Fsp3) is 0.192. The first-order valence-corrected chi connectivity index (χ1v) is 9.94. The van der Waals surface area contributed by atoms with Gasteiger partial charge >= 0.3 is 0 Å². The van der Waals surface area contributed by atoms with Crippen molar-refractivity contribution in [3.05, 3.63) is 89.5 Å². The van der Waals surface area contributed by atoms with Gasteiger partial charge in [0.2, 0.25) is 0 Å². The van der Waals surface area contributed by atoms with Gasteiger partial charge in [-0.1, -0.05) is 66.7 Å². The van der Waals surface area contributed by atoms with Crippen molar-refractivity contribution < 1.29 is 4.79 Å². The number of hydrogen-bond acceptors (Lipinski definition) is 2. The van der Waals surface area contributed by atoms with Gasteiger partial charge in [-0.3, -0.25) is 4.79 Å². The van der Waals surface area contributed by atoms with E-state index in [0.29, 0.717) is 0 Å². The Kier molecular flexibility index (Phi) is 3.94. The second-order valence-corrected chi connectivity index (χ2v) is 7.88. The Morgan fingerprint density at radius 3 is 2.25 bits per heavy atom. The number of hydrogen-bond donors (Lipinski definition) is 1. The largest absolute Gasteiger partial charge is 0.398 e. The van der Waals surface area contributed by atoms with Crippen molar-refractivity contribution in [2.24, 2.45) is 0 Å². The Bertz CT molecular complexity index is 1210. The lowest BCUT2D eigenvalue weighted by Gasteiger charge is -2.32. The molecule has 28 heavy (non-hydrogen) atoms. The van der Waals surface area contributed by atoms with Crippen LogP contribution in [0.25, 0.3) is 21.5 Å². The number of carbonyl (C=O) groups is 1. The van der Waals surface area contributed by atoms with Crippen molar-refractivity contribution in [3.63, 3.8) is 0 Å². The highest BCUT2D eigenvalue weighted by Gasteiger charge is 2.32. The van der Waals surface area contributed by atoms with Gasteiger partial charge in [0.1, 0.15) is 5.78 Å². The summed E-state index contributed by atoms with van der Waals surface area (Å²) in [6.45, 7) is 1.72. The maximum absolute atomic E-state index is 12.4. The molecule has 4 aromatic rings. The predicted molar refractivity (Wildman–Crippen MR) is 117 cm³/mol. The number of rotatable bonds is 2. The van der Waals surface area contributed by atoms with Crippen molar-refractivity contribution in [3.8, 4) is 0 Å².